The van der Waals surface area contributed by atoms with Crippen LogP contribution < -0.4 is 14.4 Å². The number of sulfonamides is 1. The molecule has 0 radical (unpaired) electrons. The molecule has 0 saturated carbocycles. The van der Waals surface area contributed by atoms with Crippen molar-refractivity contribution in [2.24, 2.45) is 5.92 Å². The normalized spacial score (nSPS) is 16.4. The lowest BCUT2D eigenvalue weighted by Gasteiger charge is -2.37. The average Bonchev–Trinajstić information content (AvgIpc) is 3.10. The molecule has 2 aliphatic heterocycles. The third-order valence-electron chi connectivity index (χ3n) is 8.96. The van der Waals surface area contributed by atoms with Gasteiger partial charge in [0.05, 0.1) is 11.8 Å². The SMILES string of the molecule is O=C(CC1CCN(c2ccc(Oc3ccc(S(=O)(=O)Nc4ccc(C(F)(F)F)cc4)cn3)cc2)CC1)N1CCN(Cc2ccccc2)CC1. The van der Waals surface area contributed by atoms with Gasteiger partial charge in [-0.15, -0.1) is 0 Å². The van der Waals surface area contributed by atoms with Gasteiger partial charge in [0, 0.05) is 69.7 Å². The van der Waals surface area contributed by atoms with Crippen LogP contribution in [-0.2, 0) is 27.5 Å². The Hall–Kier alpha value is -4.62. The van der Waals surface area contributed by atoms with E-state index in [1.165, 1.54) is 17.7 Å². The highest BCUT2D eigenvalue weighted by Gasteiger charge is 2.30. The Labute approximate surface area is 284 Å². The number of anilines is 2. The summed E-state index contributed by atoms with van der Waals surface area (Å²) in [5.41, 5.74) is 1.47. The third kappa shape index (κ3) is 9.09. The van der Waals surface area contributed by atoms with Crippen molar-refractivity contribution in [1.82, 2.24) is 14.8 Å². The van der Waals surface area contributed by atoms with Gasteiger partial charge in [-0.05, 0) is 78.9 Å². The Morgan fingerprint density at radius 1 is 0.837 bits per heavy atom. The molecule has 1 N–H and O–H groups in total. The first kappa shape index (κ1) is 34.3. The first-order valence-electron chi connectivity index (χ1n) is 16.2. The van der Waals surface area contributed by atoms with Gasteiger partial charge in [-0.3, -0.25) is 14.4 Å². The summed E-state index contributed by atoms with van der Waals surface area (Å²) in [6, 6.07) is 24.4. The maximum absolute atomic E-state index is 13.1. The van der Waals surface area contributed by atoms with E-state index < -0.39 is 21.8 Å². The zero-order valence-electron chi connectivity index (χ0n) is 26.9. The molecule has 4 aromatic rings. The molecule has 3 heterocycles. The number of carbonyl (C=O) groups excluding carboxylic acids is 1. The Kier molecular flexibility index (Phi) is 10.4. The lowest BCUT2D eigenvalue weighted by atomic mass is 9.92. The summed E-state index contributed by atoms with van der Waals surface area (Å²) in [4.78, 5) is 23.7. The number of carbonyl (C=O) groups is 1. The van der Waals surface area contributed by atoms with Gasteiger partial charge in [0.25, 0.3) is 10.0 Å². The molecule has 6 rings (SSSR count). The highest BCUT2D eigenvalue weighted by Crippen LogP contribution is 2.31. The molecule has 1 aromatic heterocycles. The van der Waals surface area contributed by atoms with E-state index in [2.05, 4.69) is 43.8 Å². The predicted octanol–water partition coefficient (Wildman–Crippen LogP) is 6.64. The van der Waals surface area contributed by atoms with E-state index in [4.69, 9.17) is 4.74 Å². The maximum atomic E-state index is 13.1. The summed E-state index contributed by atoms with van der Waals surface area (Å²) in [7, 11) is -4.08. The number of rotatable bonds is 10. The molecule has 2 aliphatic rings. The molecular formula is C36H38F3N5O4S. The zero-order chi connectivity index (χ0) is 34.4. The van der Waals surface area contributed by atoms with Crippen LogP contribution in [0.15, 0.2) is 102 Å². The predicted molar refractivity (Wildman–Crippen MR) is 181 cm³/mol. The number of aromatic nitrogens is 1. The molecule has 0 bridgehead atoms. The number of ether oxygens (including phenoxy) is 1. The molecule has 49 heavy (non-hydrogen) atoms. The van der Waals surface area contributed by atoms with Crippen molar-refractivity contribution in [3.63, 3.8) is 0 Å². The lowest BCUT2D eigenvalue weighted by molar-refractivity contribution is -0.137. The van der Waals surface area contributed by atoms with Gasteiger partial charge in [-0.1, -0.05) is 30.3 Å². The number of hydrogen-bond donors (Lipinski definition) is 1. The van der Waals surface area contributed by atoms with Crippen molar-refractivity contribution >= 4 is 27.3 Å². The standard InChI is InChI=1S/C36H38F3N5O4S/c37-36(38,39)29-6-8-30(9-7-29)41-49(46,47)33-14-15-34(40-25-33)48-32-12-10-31(11-13-32)43-18-16-27(17-19-43)24-35(45)44-22-20-42(21-23-44)26-28-4-2-1-3-5-28/h1-15,25,27,41H,16-24,26H2. The van der Waals surface area contributed by atoms with Crippen LogP contribution in [0.5, 0.6) is 11.6 Å². The molecule has 2 saturated heterocycles. The number of hydrogen-bond acceptors (Lipinski definition) is 7. The van der Waals surface area contributed by atoms with E-state index in [0.29, 0.717) is 18.1 Å². The minimum absolute atomic E-state index is 0.00454. The number of pyridine rings is 1. The Bertz CT molecular complexity index is 1790. The van der Waals surface area contributed by atoms with E-state index >= 15 is 0 Å². The molecule has 258 valence electrons. The van der Waals surface area contributed by atoms with Crippen molar-refractivity contribution in [2.75, 3.05) is 48.9 Å². The van der Waals surface area contributed by atoms with Gasteiger partial charge < -0.3 is 14.5 Å². The Balaban J connectivity index is 0.935. The summed E-state index contributed by atoms with van der Waals surface area (Å²) in [5.74, 6) is 1.34. The highest BCUT2D eigenvalue weighted by atomic mass is 32.2. The molecule has 1 amide bonds. The van der Waals surface area contributed by atoms with Gasteiger partial charge in [0.15, 0.2) is 0 Å². The fraction of sp³-hybridized carbons (Fsp3) is 0.333. The molecule has 0 atom stereocenters. The number of amides is 1. The number of halogens is 3. The van der Waals surface area contributed by atoms with Crippen molar-refractivity contribution in [1.29, 1.82) is 0 Å². The van der Waals surface area contributed by atoms with Crippen LogP contribution in [0, 0.1) is 5.92 Å². The van der Waals surface area contributed by atoms with Gasteiger partial charge in [0.1, 0.15) is 10.6 Å². The van der Waals surface area contributed by atoms with E-state index in [-0.39, 0.29) is 22.4 Å². The lowest BCUT2D eigenvalue weighted by Crippen LogP contribution is -2.48. The minimum atomic E-state index is -4.52. The molecule has 3 aromatic carbocycles. The quantitative estimate of drug-likeness (QED) is 0.199. The van der Waals surface area contributed by atoms with Crippen LogP contribution in [0.3, 0.4) is 0 Å². The molecule has 0 unspecified atom stereocenters. The van der Waals surface area contributed by atoms with Crippen molar-refractivity contribution in [2.45, 2.75) is 36.9 Å². The number of alkyl halides is 3. The second-order valence-electron chi connectivity index (χ2n) is 12.4. The van der Waals surface area contributed by atoms with Gasteiger partial charge >= 0.3 is 6.18 Å². The van der Waals surface area contributed by atoms with E-state index in [1.807, 2.05) is 35.2 Å². The number of nitrogens with zero attached hydrogens (tertiary/aromatic N) is 4. The third-order valence-corrected chi connectivity index (χ3v) is 10.3. The minimum Gasteiger partial charge on any atom is -0.439 e. The summed E-state index contributed by atoms with van der Waals surface area (Å²) >= 11 is 0. The van der Waals surface area contributed by atoms with Crippen LogP contribution in [0.2, 0.25) is 0 Å². The van der Waals surface area contributed by atoms with Crippen molar-refractivity contribution < 1.29 is 31.1 Å². The molecule has 2 fully saturated rings. The molecule has 0 spiro atoms. The number of piperazine rings is 1. The number of nitrogens with one attached hydrogen (secondary N) is 1. The summed E-state index contributed by atoms with van der Waals surface area (Å²) in [6.45, 7) is 5.99. The first-order chi connectivity index (χ1) is 23.5. The fourth-order valence-electron chi connectivity index (χ4n) is 6.14. The maximum Gasteiger partial charge on any atom is 0.416 e. The van der Waals surface area contributed by atoms with Crippen LogP contribution in [0.1, 0.15) is 30.4 Å². The van der Waals surface area contributed by atoms with E-state index in [1.54, 1.807) is 0 Å². The van der Waals surface area contributed by atoms with Gasteiger partial charge in [-0.25, -0.2) is 13.4 Å². The Morgan fingerprint density at radius 3 is 2.12 bits per heavy atom. The molecular weight excluding hydrogens is 655 g/mol. The molecule has 0 aliphatic carbocycles. The number of benzene rings is 3. The summed E-state index contributed by atoms with van der Waals surface area (Å²) in [5, 5.41) is 0. The summed E-state index contributed by atoms with van der Waals surface area (Å²) < 4.78 is 71.9. The number of piperidine rings is 1. The van der Waals surface area contributed by atoms with Crippen molar-refractivity contribution in [3.05, 3.63) is 108 Å². The van der Waals surface area contributed by atoms with E-state index in [0.717, 1.165) is 94.8 Å². The molecule has 13 heteroatoms. The largest absolute Gasteiger partial charge is 0.439 e. The van der Waals surface area contributed by atoms with Gasteiger partial charge in [0.2, 0.25) is 11.8 Å². The highest BCUT2D eigenvalue weighted by molar-refractivity contribution is 7.92. The van der Waals surface area contributed by atoms with Crippen LogP contribution >= 0.6 is 0 Å². The van der Waals surface area contributed by atoms with E-state index in [9.17, 15) is 26.4 Å². The fourth-order valence-corrected chi connectivity index (χ4v) is 7.14. The second kappa shape index (κ2) is 14.9. The van der Waals surface area contributed by atoms with Crippen LogP contribution in [0.25, 0.3) is 0 Å². The zero-order valence-corrected chi connectivity index (χ0v) is 27.7. The second-order valence-corrected chi connectivity index (χ2v) is 14.1. The van der Waals surface area contributed by atoms with Gasteiger partial charge in [-0.2, -0.15) is 13.2 Å². The Morgan fingerprint density at radius 2 is 1.51 bits per heavy atom. The van der Waals surface area contributed by atoms with Crippen LogP contribution in [0.4, 0.5) is 24.5 Å². The molecule has 9 nitrogen and oxygen atoms in total. The average molecular weight is 694 g/mol. The van der Waals surface area contributed by atoms with Crippen LogP contribution in [-0.4, -0.2) is 68.4 Å². The van der Waals surface area contributed by atoms with Crippen molar-refractivity contribution in [3.8, 4) is 11.6 Å². The first-order valence-corrected chi connectivity index (χ1v) is 17.7. The summed E-state index contributed by atoms with van der Waals surface area (Å²) in [6.07, 6.45) is -0.901. The topological polar surface area (TPSA) is 95.1 Å². The smallest absolute Gasteiger partial charge is 0.416 e. The monoisotopic (exact) mass is 693 g/mol.